The van der Waals surface area contributed by atoms with Crippen LogP contribution in [0.15, 0.2) is 0 Å². The Kier molecular flexibility index (Phi) is 3.71. The molecule has 0 aliphatic heterocycles. The lowest BCUT2D eigenvalue weighted by atomic mass is 9.71. The van der Waals surface area contributed by atoms with E-state index in [4.69, 9.17) is 0 Å². The van der Waals surface area contributed by atoms with Crippen LogP contribution in [0.1, 0.15) is 71.6 Å². The lowest BCUT2D eigenvalue weighted by Crippen LogP contribution is -2.34. The van der Waals surface area contributed by atoms with Crippen LogP contribution in [0.4, 0.5) is 0 Å². The molecule has 2 aliphatic rings. The summed E-state index contributed by atoms with van der Waals surface area (Å²) in [5.41, 5.74) is 0.100. The number of hydrogen-bond acceptors (Lipinski definition) is 1. The second kappa shape index (κ2) is 4.89. The summed E-state index contributed by atoms with van der Waals surface area (Å²) in [6, 6.07) is 0. The molecule has 0 aromatic carbocycles. The number of ketones is 1. The molecule has 2 fully saturated rings. The minimum atomic E-state index is 0.100. The predicted octanol–water partition coefficient (Wildman–Crippen LogP) is 4.35. The third kappa shape index (κ3) is 2.33. The van der Waals surface area contributed by atoms with Crippen LogP contribution in [-0.4, -0.2) is 5.78 Å². The van der Waals surface area contributed by atoms with Gasteiger partial charge in [-0.1, -0.05) is 39.5 Å². The Labute approximate surface area is 100.0 Å². The van der Waals surface area contributed by atoms with E-state index in [2.05, 4.69) is 13.8 Å². The molecule has 0 bridgehead atoms. The molecule has 2 saturated carbocycles. The monoisotopic (exact) mass is 222 g/mol. The van der Waals surface area contributed by atoms with Gasteiger partial charge < -0.3 is 0 Å². The van der Waals surface area contributed by atoms with Crippen molar-refractivity contribution in [1.29, 1.82) is 0 Å². The number of Topliss-reactive ketones (excluding diaryl/α,β-unsaturated/α-hetero) is 1. The lowest BCUT2D eigenvalue weighted by Gasteiger charge is -2.32. The highest BCUT2D eigenvalue weighted by atomic mass is 16.1. The van der Waals surface area contributed by atoms with Crippen molar-refractivity contribution in [1.82, 2.24) is 0 Å². The topological polar surface area (TPSA) is 17.1 Å². The minimum Gasteiger partial charge on any atom is -0.299 e. The van der Waals surface area contributed by atoms with Crippen molar-refractivity contribution < 1.29 is 4.79 Å². The highest BCUT2D eigenvalue weighted by molar-refractivity contribution is 5.87. The van der Waals surface area contributed by atoms with Crippen LogP contribution >= 0.6 is 0 Å². The Hall–Kier alpha value is -0.330. The number of hydrogen-bond donors (Lipinski definition) is 0. The van der Waals surface area contributed by atoms with Gasteiger partial charge in [-0.25, -0.2) is 0 Å². The summed E-state index contributed by atoms with van der Waals surface area (Å²) in [6.45, 7) is 4.53. The van der Waals surface area contributed by atoms with E-state index >= 15 is 0 Å². The molecule has 2 rings (SSSR count). The fourth-order valence-corrected chi connectivity index (χ4v) is 4.01. The van der Waals surface area contributed by atoms with Gasteiger partial charge in [0.05, 0.1) is 0 Å². The smallest absolute Gasteiger partial charge is 0.142 e. The van der Waals surface area contributed by atoms with E-state index in [1.165, 1.54) is 51.4 Å². The van der Waals surface area contributed by atoms with Crippen molar-refractivity contribution in [3.05, 3.63) is 0 Å². The molecule has 1 nitrogen and oxygen atoms in total. The van der Waals surface area contributed by atoms with E-state index in [9.17, 15) is 4.79 Å². The van der Waals surface area contributed by atoms with Crippen LogP contribution in [0.2, 0.25) is 0 Å². The van der Waals surface area contributed by atoms with E-state index < -0.39 is 0 Å². The van der Waals surface area contributed by atoms with Gasteiger partial charge in [0.15, 0.2) is 0 Å². The molecule has 2 aliphatic carbocycles. The van der Waals surface area contributed by atoms with Gasteiger partial charge in [-0.3, -0.25) is 4.79 Å². The summed E-state index contributed by atoms with van der Waals surface area (Å²) >= 11 is 0. The van der Waals surface area contributed by atoms with Crippen LogP contribution in [0.5, 0.6) is 0 Å². The second-order valence-electron chi connectivity index (χ2n) is 6.43. The Morgan fingerprint density at radius 3 is 2.19 bits per heavy atom. The minimum absolute atomic E-state index is 0.100. The first-order valence-corrected chi connectivity index (χ1v) is 7.18. The average molecular weight is 222 g/mol. The Morgan fingerprint density at radius 1 is 1.12 bits per heavy atom. The lowest BCUT2D eigenvalue weighted by molar-refractivity contribution is -0.133. The van der Waals surface area contributed by atoms with Gasteiger partial charge in [0.25, 0.3) is 0 Å². The quantitative estimate of drug-likeness (QED) is 0.691. The maximum atomic E-state index is 12.7. The van der Waals surface area contributed by atoms with Crippen LogP contribution in [-0.2, 0) is 4.79 Å². The molecule has 0 spiro atoms. The molecule has 0 atom stereocenters. The third-order valence-corrected chi connectivity index (χ3v) is 4.61. The zero-order valence-electron chi connectivity index (χ0n) is 10.9. The van der Waals surface area contributed by atoms with E-state index in [1.807, 2.05) is 0 Å². The molecular weight excluding hydrogens is 196 g/mol. The molecule has 0 saturated heterocycles. The van der Waals surface area contributed by atoms with Crippen molar-refractivity contribution >= 4 is 5.78 Å². The van der Waals surface area contributed by atoms with E-state index in [0.29, 0.717) is 17.6 Å². The van der Waals surface area contributed by atoms with Crippen molar-refractivity contribution in [2.45, 2.75) is 71.6 Å². The van der Waals surface area contributed by atoms with Crippen LogP contribution in [0.25, 0.3) is 0 Å². The summed E-state index contributed by atoms with van der Waals surface area (Å²) in [5, 5.41) is 0. The van der Waals surface area contributed by atoms with Crippen molar-refractivity contribution in [2.75, 3.05) is 0 Å². The maximum absolute atomic E-state index is 12.7. The van der Waals surface area contributed by atoms with E-state index in [-0.39, 0.29) is 5.41 Å². The first-order valence-electron chi connectivity index (χ1n) is 7.18. The highest BCUT2D eigenvalue weighted by Gasteiger charge is 2.44. The molecule has 16 heavy (non-hydrogen) atoms. The zero-order valence-corrected chi connectivity index (χ0v) is 10.9. The molecule has 0 heterocycles. The van der Waals surface area contributed by atoms with Crippen LogP contribution in [0, 0.1) is 17.3 Å². The Balaban J connectivity index is 2.08. The fourth-order valence-electron chi connectivity index (χ4n) is 4.01. The van der Waals surface area contributed by atoms with Gasteiger partial charge in [0.1, 0.15) is 5.78 Å². The molecule has 0 amide bonds. The Morgan fingerprint density at radius 2 is 1.69 bits per heavy atom. The second-order valence-corrected chi connectivity index (χ2v) is 6.43. The van der Waals surface area contributed by atoms with E-state index in [1.54, 1.807) is 0 Å². The third-order valence-electron chi connectivity index (χ3n) is 4.61. The highest BCUT2D eigenvalue weighted by Crippen LogP contribution is 2.47. The van der Waals surface area contributed by atoms with Crippen molar-refractivity contribution in [3.8, 4) is 0 Å². The largest absolute Gasteiger partial charge is 0.299 e. The maximum Gasteiger partial charge on any atom is 0.142 e. The molecule has 0 radical (unpaired) electrons. The first-order chi connectivity index (χ1) is 7.64. The molecule has 0 unspecified atom stereocenters. The van der Waals surface area contributed by atoms with Gasteiger partial charge in [-0.15, -0.1) is 0 Å². The first kappa shape index (κ1) is 12.1. The molecular formula is C15H26O. The SMILES string of the molecule is CC(C)CC1(C(=O)C2CCCC2)CCCC1. The Bertz CT molecular complexity index is 242. The predicted molar refractivity (Wildman–Crippen MR) is 67.3 cm³/mol. The molecule has 0 N–H and O–H groups in total. The number of carbonyl (C=O) groups is 1. The van der Waals surface area contributed by atoms with Crippen LogP contribution in [0.3, 0.4) is 0 Å². The summed E-state index contributed by atoms with van der Waals surface area (Å²) in [5.74, 6) is 1.75. The standard InChI is InChI=1S/C15H26O/c1-12(2)11-15(9-5-6-10-15)14(16)13-7-3-4-8-13/h12-13H,3-11H2,1-2H3. The number of rotatable bonds is 4. The summed E-state index contributed by atoms with van der Waals surface area (Å²) in [4.78, 5) is 12.7. The van der Waals surface area contributed by atoms with Gasteiger partial charge in [-0.2, -0.15) is 0 Å². The van der Waals surface area contributed by atoms with Gasteiger partial charge >= 0.3 is 0 Å². The molecule has 1 heteroatoms. The normalized spacial score (nSPS) is 25.4. The molecule has 0 aromatic heterocycles. The van der Waals surface area contributed by atoms with Crippen LogP contribution < -0.4 is 0 Å². The van der Waals surface area contributed by atoms with Gasteiger partial charge in [0, 0.05) is 11.3 Å². The molecule has 0 aromatic rings. The van der Waals surface area contributed by atoms with E-state index in [0.717, 1.165) is 6.42 Å². The van der Waals surface area contributed by atoms with Crippen molar-refractivity contribution in [3.63, 3.8) is 0 Å². The zero-order chi connectivity index (χ0) is 11.6. The average Bonchev–Trinajstić information content (AvgIpc) is 2.85. The van der Waals surface area contributed by atoms with Crippen molar-refractivity contribution in [2.24, 2.45) is 17.3 Å². The number of carbonyl (C=O) groups excluding carboxylic acids is 1. The fraction of sp³-hybridized carbons (Fsp3) is 0.933. The van der Waals surface area contributed by atoms with Gasteiger partial charge in [0.2, 0.25) is 0 Å². The summed E-state index contributed by atoms with van der Waals surface area (Å²) in [6.07, 6.45) is 11.0. The van der Waals surface area contributed by atoms with Gasteiger partial charge in [-0.05, 0) is 38.0 Å². The summed E-state index contributed by atoms with van der Waals surface area (Å²) in [7, 11) is 0. The summed E-state index contributed by atoms with van der Waals surface area (Å²) < 4.78 is 0. The molecule has 92 valence electrons.